The van der Waals surface area contributed by atoms with Crippen molar-refractivity contribution in [2.24, 2.45) is 0 Å². The van der Waals surface area contributed by atoms with Crippen molar-refractivity contribution in [2.45, 2.75) is 72.1 Å². The van der Waals surface area contributed by atoms with Crippen LogP contribution in [-0.2, 0) is 15.6 Å². The van der Waals surface area contributed by atoms with E-state index in [0.717, 1.165) is 27.8 Å². The zero-order valence-corrected chi connectivity index (χ0v) is 19.0. The predicted octanol–water partition coefficient (Wildman–Crippen LogP) is 6.54. The van der Waals surface area contributed by atoms with Gasteiger partial charge in [0.25, 0.3) is 0 Å². The molecule has 1 atom stereocenters. The van der Waals surface area contributed by atoms with Crippen LogP contribution in [0, 0.1) is 6.92 Å². The Labute approximate surface area is 175 Å². The van der Waals surface area contributed by atoms with E-state index < -0.39 is 5.97 Å². The third kappa shape index (κ3) is 4.90. The molecule has 3 nitrogen and oxygen atoms in total. The second-order valence-corrected chi connectivity index (χ2v) is 9.82. The Morgan fingerprint density at radius 3 is 2.14 bits per heavy atom. The first kappa shape index (κ1) is 22.7. The van der Waals surface area contributed by atoms with Crippen LogP contribution in [0.4, 0.5) is 0 Å². The summed E-state index contributed by atoms with van der Waals surface area (Å²) in [4.78, 5) is 12.1. The fourth-order valence-electron chi connectivity index (χ4n) is 3.62. The highest BCUT2D eigenvalue weighted by Crippen LogP contribution is 2.44. The van der Waals surface area contributed by atoms with Gasteiger partial charge < -0.3 is 9.84 Å². The molecular weight excluding hydrogens is 360 g/mol. The summed E-state index contributed by atoms with van der Waals surface area (Å²) in [6.45, 7) is 20.1. The topological polar surface area (TPSA) is 46.5 Å². The summed E-state index contributed by atoms with van der Waals surface area (Å²) in [5.41, 5.74) is 4.25. The molecule has 2 aromatic rings. The summed E-state index contributed by atoms with van der Waals surface area (Å²) in [6.07, 6.45) is 1.18. The van der Waals surface area contributed by atoms with Crippen molar-refractivity contribution in [1.29, 1.82) is 0 Å². The van der Waals surface area contributed by atoms with E-state index in [-0.39, 0.29) is 16.7 Å². The number of carbonyl (C=O) groups is 1. The summed E-state index contributed by atoms with van der Waals surface area (Å²) in [5, 5.41) is 11.0. The second kappa shape index (κ2) is 8.06. The molecule has 0 saturated heterocycles. The molecule has 29 heavy (non-hydrogen) atoms. The van der Waals surface area contributed by atoms with Gasteiger partial charge in [0, 0.05) is 28.7 Å². The van der Waals surface area contributed by atoms with Gasteiger partial charge in [-0.25, -0.2) is 4.79 Å². The summed E-state index contributed by atoms with van der Waals surface area (Å²) >= 11 is 0. The number of hydrogen-bond donors (Lipinski definition) is 1. The fourth-order valence-corrected chi connectivity index (χ4v) is 3.62. The maximum Gasteiger partial charge on any atom is 0.335 e. The van der Waals surface area contributed by atoms with E-state index in [9.17, 15) is 9.90 Å². The first-order valence-electron chi connectivity index (χ1n) is 10.1. The summed E-state index contributed by atoms with van der Waals surface area (Å²) in [7, 11) is 0. The van der Waals surface area contributed by atoms with Crippen LogP contribution in [0.25, 0.3) is 0 Å². The van der Waals surface area contributed by atoms with E-state index >= 15 is 0 Å². The molecule has 0 aliphatic rings. The monoisotopic (exact) mass is 394 g/mol. The molecule has 0 amide bonds. The molecule has 2 rings (SSSR count). The molecular formula is C26H34O3. The van der Waals surface area contributed by atoms with Gasteiger partial charge in [-0.15, -0.1) is 0 Å². The quantitative estimate of drug-likeness (QED) is 0.364. The Morgan fingerprint density at radius 2 is 1.62 bits per heavy atom. The lowest BCUT2D eigenvalue weighted by Gasteiger charge is -2.28. The van der Waals surface area contributed by atoms with Gasteiger partial charge in [-0.05, 0) is 23.3 Å². The van der Waals surface area contributed by atoms with Gasteiger partial charge in [-0.1, -0.05) is 90.9 Å². The third-order valence-electron chi connectivity index (χ3n) is 5.25. The lowest BCUT2D eigenvalue weighted by Crippen LogP contribution is -2.18. The molecule has 1 unspecified atom stereocenters. The standard InChI is InChI=1S/C26H34O3/c1-10-22(27)29-24-19(14-16(2)15-21(24)26(7,8)9)17(3)18-12-11-13-20(23(18)28)25(4,5)6/h10-15,17,28H,1H2,2-9H3. The average Bonchev–Trinajstić information content (AvgIpc) is 2.60. The van der Waals surface area contributed by atoms with Crippen LogP contribution in [0.1, 0.15) is 82.2 Å². The van der Waals surface area contributed by atoms with Crippen LogP contribution < -0.4 is 4.74 Å². The minimum absolute atomic E-state index is 0.161. The Hall–Kier alpha value is -2.55. The second-order valence-electron chi connectivity index (χ2n) is 9.82. The minimum atomic E-state index is -0.486. The lowest BCUT2D eigenvalue weighted by molar-refractivity contribution is -0.129. The molecule has 0 fully saturated rings. The van der Waals surface area contributed by atoms with Crippen molar-refractivity contribution in [3.8, 4) is 11.5 Å². The highest BCUT2D eigenvalue weighted by Gasteiger charge is 2.28. The largest absolute Gasteiger partial charge is 0.507 e. The van der Waals surface area contributed by atoms with Gasteiger partial charge in [-0.3, -0.25) is 0 Å². The Kier molecular flexibility index (Phi) is 6.32. The maximum atomic E-state index is 12.1. The smallest absolute Gasteiger partial charge is 0.335 e. The van der Waals surface area contributed by atoms with E-state index in [4.69, 9.17) is 4.74 Å². The maximum absolute atomic E-state index is 12.1. The van der Waals surface area contributed by atoms with Crippen LogP contribution in [0.3, 0.4) is 0 Å². The Morgan fingerprint density at radius 1 is 1.03 bits per heavy atom. The number of para-hydroxylation sites is 1. The molecule has 3 heteroatoms. The molecule has 0 bridgehead atoms. The fraction of sp³-hybridized carbons (Fsp3) is 0.423. The van der Waals surface area contributed by atoms with Crippen molar-refractivity contribution in [2.75, 3.05) is 0 Å². The number of rotatable bonds is 4. The number of aryl methyl sites for hydroxylation is 1. The van der Waals surface area contributed by atoms with Gasteiger partial charge in [0.15, 0.2) is 0 Å². The molecule has 0 aliphatic heterocycles. The Balaban J connectivity index is 2.75. The van der Waals surface area contributed by atoms with Crippen LogP contribution in [0.2, 0.25) is 0 Å². The summed E-state index contributed by atoms with van der Waals surface area (Å²) < 4.78 is 5.75. The number of aromatic hydroxyl groups is 1. The van der Waals surface area contributed by atoms with E-state index in [0.29, 0.717) is 11.5 Å². The van der Waals surface area contributed by atoms with E-state index in [1.54, 1.807) is 0 Å². The molecule has 0 aliphatic carbocycles. The number of benzene rings is 2. The lowest BCUT2D eigenvalue weighted by atomic mass is 9.79. The number of phenols is 1. The highest BCUT2D eigenvalue weighted by molar-refractivity contribution is 5.84. The van der Waals surface area contributed by atoms with Crippen LogP contribution in [0.5, 0.6) is 11.5 Å². The van der Waals surface area contributed by atoms with Crippen molar-refractivity contribution in [3.05, 3.63) is 70.8 Å². The number of carbonyl (C=O) groups excluding carboxylic acids is 1. The van der Waals surface area contributed by atoms with Crippen LogP contribution in [0.15, 0.2) is 43.0 Å². The average molecular weight is 395 g/mol. The van der Waals surface area contributed by atoms with Gasteiger partial charge >= 0.3 is 5.97 Å². The van der Waals surface area contributed by atoms with Crippen molar-refractivity contribution >= 4 is 5.97 Å². The molecule has 2 aromatic carbocycles. The van der Waals surface area contributed by atoms with E-state index in [1.165, 1.54) is 6.08 Å². The Bertz CT molecular complexity index is 924. The van der Waals surface area contributed by atoms with Crippen molar-refractivity contribution in [3.63, 3.8) is 0 Å². The van der Waals surface area contributed by atoms with Gasteiger partial charge in [0.05, 0.1) is 0 Å². The SMILES string of the molecule is C=CC(=O)Oc1c(C(C)c2cccc(C(C)(C)C)c2O)cc(C)cc1C(C)(C)C. The van der Waals surface area contributed by atoms with Crippen LogP contribution >= 0.6 is 0 Å². The minimum Gasteiger partial charge on any atom is -0.507 e. The van der Waals surface area contributed by atoms with Crippen molar-refractivity contribution < 1.29 is 14.6 Å². The molecule has 0 saturated carbocycles. The van der Waals surface area contributed by atoms with Crippen molar-refractivity contribution in [1.82, 2.24) is 0 Å². The normalized spacial score (nSPS) is 13.1. The molecule has 1 N–H and O–H groups in total. The molecule has 0 radical (unpaired) electrons. The highest BCUT2D eigenvalue weighted by atomic mass is 16.5. The first-order valence-corrected chi connectivity index (χ1v) is 10.1. The molecule has 0 spiro atoms. The van der Waals surface area contributed by atoms with Gasteiger partial charge in [-0.2, -0.15) is 0 Å². The van der Waals surface area contributed by atoms with Gasteiger partial charge in [0.1, 0.15) is 11.5 Å². The van der Waals surface area contributed by atoms with Gasteiger partial charge in [0.2, 0.25) is 0 Å². The van der Waals surface area contributed by atoms with Crippen LogP contribution in [-0.4, -0.2) is 11.1 Å². The molecule has 0 heterocycles. The number of ether oxygens (including phenoxy) is 1. The summed E-state index contributed by atoms with van der Waals surface area (Å²) in [5.74, 6) is 0.208. The number of hydrogen-bond acceptors (Lipinski definition) is 3. The summed E-state index contributed by atoms with van der Waals surface area (Å²) in [6, 6.07) is 9.97. The third-order valence-corrected chi connectivity index (χ3v) is 5.25. The zero-order valence-electron chi connectivity index (χ0n) is 19.0. The zero-order chi connectivity index (χ0) is 22.1. The predicted molar refractivity (Wildman–Crippen MR) is 120 cm³/mol. The molecule has 156 valence electrons. The number of phenolic OH excluding ortho intramolecular Hbond substituents is 1. The molecule has 0 aromatic heterocycles. The first-order chi connectivity index (χ1) is 13.3. The van der Waals surface area contributed by atoms with E-state index in [1.807, 2.05) is 38.1 Å². The number of esters is 1. The van der Waals surface area contributed by atoms with E-state index in [2.05, 4.69) is 54.2 Å².